The zero-order valence-electron chi connectivity index (χ0n) is 13.1. The van der Waals surface area contributed by atoms with Crippen molar-refractivity contribution in [2.45, 2.75) is 13.0 Å². The molecule has 0 atom stereocenters. The van der Waals surface area contributed by atoms with Crippen molar-refractivity contribution in [3.05, 3.63) is 99.8 Å². The molecule has 0 aliphatic carbocycles. The molecule has 0 heterocycles. The minimum absolute atomic E-state index is 0.118. The van der Waals surface area contributed by atoms with Crippen molar-refractivity contribution in [3.63, 3.8) is 0 Å². The van der Waals surface area contributed by atoms with Crippen molar-refractivity contribution in [2.75, 3.05) is 0 Å². The first-order valence-corrected chi connectivity index (χ1v) is 7.99. The van der Waals surface area contributed by atoms with Crippen molar-refractivity contribution in [3.8, 4) is 5.75 Å². The van der Waals surface area contributed by atoms with E-state index >= 15 is 0 Å². The molecule has 128 valence electrons. The number of benzene rings is 3. The van der Waals surface area contributed by atoms with Gasteiger partial charge in [0.25, 0.3) is 0 Å². The molecule has 0 aliphatic rings. The maximum atomic E-state index is 14.0. The lowest BCUT2D eigenvalue weighted by Gasteiger charge is -2.12. The fourth-order valence-electron chi connectivity index (χ4n) is 2.47. The van der Waals surface area contributed by atoms with Gasteiger partial charge >= 0.3 is 0 Å². The summed E-state index contributed by atoms with van der Waals surface area (Å²) in [6, 6.07) is 14.8. The second kappa shape index (κ2) is 7.62. The largest absolute Gasteiger partial charge is 0.489 e. The maximum absolute atomic E-state index is 14.0. The monoisotopic (exact) mass is 362 g/mol. The molecule has 3 aromatic rings. The predicted octanol–water partition coefficient (Wildman–Crippen LogP) is 5.93. The highest BCUT2D eigenvalue weighted by atomic mass is 35.5. The zero-order valence-corrected chi connectivity index (χ0v) is 13.9. The van der Waals surface area contributed by atoms with Gasteiger partial charge in [0.2, 0.25) is 0 Å². The van der Waals surface area contributed by atoms with Crippen molar-refractivity contribution in [1.82, 2.24) is 0 Å². The van der Waals surface area contributed by atoms with E-state index in [0.717, 1.165) is 23.8 Å². The van der Waals surface area contributed by atoms with Crippen LogP contribution in [0.2, 0.25) is 5.02 Å². The van der Waals surface area contributed by atoms with E-state index in [1.54, 1.807) is 36.4 Å². The third-order valence-electron chi connectivity index (χ3n) is 3.76. The van der Waals surface area contributed by atoms with Gasteiger partial charge in [0.1, 0.15) is 29.8 Å². The molecule has 0 bridgehead atoms. The van der Waals surface area contributed by atoms with Crippen molar-refractivity contribution in [2.24, 2.45) is 0 Å². The summed E-state index contributed by atoms with van der Waals surface area (Å²) in [6.07, 6.45) is 0.296. The Bertz CT molecular complexity index is 896. The predicted molar refractivity (Wildman–Crippen MR) is 91.3 cm³/mol. The Balaban J connectivity index is 1.80. The third-order valence-corrected chi connectivity index (χ3v) is 3.99. The average Bonchev–Trinajstić information content (AvgIpc) is 2.59. The zero-order chi connectivity index (χ0) is 17.8. The summed E-state index contributed by atoms with van der Waals surface area (Å²) in [5, 5.41) is 0.326. The van der Waals surface area contributed by atoms with Gasteiger partial charge in [-0.3, -0.25) is 0 Å². The topological polar surface area (TPSA) is 9.23 Å². The van der Waals surface area contributed by atoms with Gasteiger partial charge in [-0.1, -0.05) is 35.9 Å². The molecule has 0 radical (unpaired) electrons. The van der Waals surface area contributed by atoms with Crippen LogP contribution >= 0.6 is 11.6 Å². The van der Waals surface area contributed by atoms with E-state index < -0.39 is 17.5 Å². The Morgan fingerprint density at radius 3 is 2.36 bits per heavy atom. The van der Waals surface area contributed by atoms with Crippen LogP contribution in [0.5, 0.6) is 5.75 Å². The molecule has 5 heteroatoms. The lowest BCUT2D eigenvalue weighted by Crippen LogP contribution is -2.02. The van der Waals surface area contributed by atoms with Gasteiger partial charge in [-0.05, 0) is 47.5 Å². The number of halogens is 4. The molecule has 0 saturated carbocycles. The van der Waals surface area contributed by atoms with Gasteiger partial charge < -0.3 is 4.74 Å². The first kappa shape index (κ1) is 17.4. The van der Waals surface area contributed by atoms with Crippen molar-refractivity contribution >= 4 is 11.6 Å². The standard InChI is InChI=1S/C20H14ClF3O/c21-16-6-5-13(19(24)11-16)9-14-3-1-2-4-20(14)25-12-15-10-17(22)7-8-18(15)23/h1-8,10-11H,9,12H2. The third kappa shape index (κ3) is 4.34. The smallest absolute Gasteiger partial charge is 0.130 e. The molecular weight excluding hydrogens is 349 g/mol. The lowest BCUT2D eigenvalue weighted by molar-refractivity contribution is 0.296. The first-order valence-electron chi connectivity index (χ1n) is 7.61. The Morgan fingerprint density at radius 2 is 1.56 bits per heavy atom. The van der Waals surface area contributed by atoms with E-state index in [1.807, 2.05) is 0 Å². The summed E-state index contributed by atoms with van der Waals surface area (Å²) in [4.78, 5) is 0. The Labute approximate surface area is 148 Å². The summed E-state index contributed by atoms with van der Waals surface area (Å²) in [6.45, 7) is -0.121. The molecule has 3 aromatic carbocycles. The van der Waals surface area contributed by atoms with Crippen molar-refractivity contribution < 1.29 is 17.9 Å². The fraction of sp³-hybridized carbons (Fsp3) is 0.100. The van der Waals surface area contributed by atoms with Gasteiger partial charge in [-0.15, -0.1) is 0 Å². The highest BCUT2D eigenvalue weighted by molar-refractivity contribution is 6.30. The molecule has 0 fully saturated rings. The summed E-state index contributed by atoms with van der Waals surface area (Å²) < 4.78 is 46.6. The average molecular weight is 363 g/mol. The quantitative estimate of drug-likeness (QED) is 0.547. The minimum Gasteiger partial charge on any atom is -0.489 e. The summed E-state index contributed by atoms with van der Waals surface area (Å²) in [5.41, 5.74) is 1.32. The number of hydrogen-bond acceptors (Lipinski definition) is 1. The molecule has 0 unspecified atom stereocenters. The minimum atomic E-state index is -0.539. The van der Waals surface area contributed by atoms with E-state index in [0.29, 0.717) is 22.8 Å². The Hall–Kier alpha value is -2.46. The highest BCUT2D eigenvalue weighted by Crippen LogP contribution is 2.25. The Kier molecular flexibility index (Phi) is 5.29. The van der Waals surface area contributed by atoms with Crippen LogP contribution in [0.4, 0.5) is 13.2 Å². The van der Waals surface area contributed by atoms with Crippen LogP contribution in [-0.4, -0.2) is 0 Å². The SMILES string of the molecule is Fc1ccc(F)c(COc2ccccc2Cc2ccc(Cl)cc2F)c1. The first-order chi connectivity index (χ1) is 12.0. The molecule has 1 nitrogen and oxygen atoms in total. The van der Waals surface area contributed by atoms with E-state index in [4.69, 9.17) is 16.3 Å². The molecule has 0 aromatic heterocycles. The highest BCUT2D eigenvalue weighted by Gasteiger charge is 2.10. The van der Waals surface area contributed by atoms with E-state index in [9.17, 15) is 13.2 Å². The van der Waals surface area contributed by atoms with Crippen LogP contribution in [0, 0.1) is 17.5 Å². The molecule has 0 N–H and O–H groups in total. The van der Waals surface area contributed by atoms with Crippen molar-refractivity contribution in [1.29, 1.82) is 0 Å². The summed E-state index contributed by atoms with van der Waals surface area (Å²) in [5.74, 6) is -0.988. The van der Waals surface area contributed by atoms with E-state index in [1.165, 1.54) is 6.07 Å². The van der Waals surface area contributed by atoms with E-state index in [2.05, 4.69) is 0 Å². The second-order valence-corrected chi connectivity index (χ2v) is 5.98. The molecule has 0 amide bonds. The summed E-state index contributed by atoms with van der Waals surface area (Å²) >= 11 is 5.77. The van der Waals surface area contributed by atoms with Crippen LogP contribution < -0.4 is 4.74 Å². The Morgan fingerprint density at radius 1 is 0.760 bits per heavy atom. The number of rotatable bonds is 5. The maximum Gasteiger partial charge on any atom is 0.130 e. The molecule has 0 aliphatic heterocycles. The van der Waals surface area contributed by atoms with Gasteiger partial charge in [0.15, 0.2) is 0 Å². The van der Waals surface area contributed by atoms with Crippen LogP contribution in [0.3, 0.4) is 0 Å². The summed E-state index contributed by atoms with van der Waals surface area (Å²) in [7, 11) is 0. The van der Waals surface area contributed by atoms with Gasteiger partial charge in [-0.2, -0.15) is 0 Å². The van der Waals surface area contributed by atoms with Gasteiger partial charge in [-0.25, -0.2) is 13.2 Å². The lowest BCUT2D eigenvalue weighted by atomic mass is 10.0. The van der Waals surface area contributed by atoms with Crippen LogP contribution in [-0.2, 0) is 13.0 Å². The number of hydrogen-bond donors (Lipinski definition) is 0. The molecule has 0 saturated heterocycles. The molecular formula is C20H14ClF3O. The number of ether oxygens (including phenoxy) is 1. The molecule has 0 spiro atoms. The van der Waals surface area contributed by atoms with Gasteiger partial charge in [0.05, 0.1) is 0 Å². The van der Waals surface area contributed by atoms with E-state index in [-0.39, 0.29) is 12.2 Å². The van der Waals surface area contributed by atoms with Crippen LogP contribution in [0.25, 0.3) is 0 Å². The second-order valence-electron chi connectivity index (χ2n) is 5.54. The van der Waals surface area contributed by atoms with Crippen LogP contribution in [0.15, 0.2) is 60.7 Å². The molecule has 25 heavy (non-hydrogen) atoms. The van der Waals surface area contributed by atoms with Gasteiger partial charge in [0, 0.05) is 17.0 Å². The normalized spacial score (nSPS) is 10.7. The molecule has 3 rings (SSSR count). The van der Waals surface area contributed by atoms with Crippen LogP contribution in [0.1, 0.15) is 16.7 Å². The number of para-hydroxylation sites is 1. The fourth-order valence-corrected chi connectivity index (χ4v) is 2.63.